The van der Waals surface area contributed by atoms with Crippen molar-refractivity contribution in [3.8, 4) is 0 Å². The normalized spacial score (nSPS) is 22.9. The molecule has 4 fully saturated rings. The fourth-order valence-electron chi connectivity index (χ4n) is 9.50. The van der Waals surface area contributed by atoms with Crippen LogP contribution in [0.2, 0.25) is 0 Å². The summed E-state index contributed by atoms with van der Waals surface area (Å²) in [7, 11) is 0. The van der Waals surface area contributed by atoms with Gasteiger partial charge in [0.1, 0.15) is 11.6 Å². The number of piperidine rings is 1. The summed E-state index contributed by atoms with van der Waals surface area (Å²) >= 11 is 0. The number of amides is 2. The van der Waals surface area contributed by atoms with E-state index >= 15 is 0 Å². The molecule has 1 spiro atoms. The summed E-state index contributed by atoms with van der Waals surface area (Å²) in [5.41, 5.74) is 0.0945. The number of fused-ring (bicyclic) bond motifs is 1. The predicted octanol–water partition coefficient (Wildman–Crippen LogP) is 7.80. The first-order valence-electron chi connectivity index (χ1n) is 19.9. The number of rotatable bonds is 8. The third-order valence-corrected chi connectivity index (χ3v) is 13.0. The third kappa shape index (κ3) is 8.84. The Kier molecular flexibility index (Phi) is 11.4. The van der Waals surface area contributed by atoms with Gasteiger partial charge in [0.05, 0.1) is 28.2 Å². The molecule has 2 saturated carbocycles. The van der Waals surface area contributed by atoms with Crippen molar-refractivity contribution in [2.75, 3.05) is 51.1 Å². The number of anilines is 1. The molecule has 2 amide bonds. The maximum Gasteiger partial charge on any atom is 0.416 e. The van der Waals surface area contributed by atoms with E-state index in [1.807, 2.05) is 11.0 Å². The highest BCUT2D eigenvalue weighted by atomic mass is 19.4. The van der Waals surface area contributed by atoms with Crippen LogP contribution in [0.1, 0.15) is 106 Å². The molecule has 2 aliphatic heterocycles. The Balaban J connectivity index is 0.916. The highest BCUT2D eigenvalue weighted by molar-refractivity contribution is 5.89. The van der Waals surface area contributed by atoms with E-state index < -0.39 is 34.5 Å². The van der Waals surface area contributed by atoms with E-state index in [1.54, 1.807) is 24.9 Å². The number of hydrogen-bond acceptors (Lipinski definition) is 9. The highest BCUT2D eigenvalue weighted by Crippen LogP contribution is 2.46. The number of pyridine rings is 1. The zero-order valence-corrected chi connectivity index (χ0v) is 32.1. The number of non-ortho nitro benzene ring substituents is 1. The van der Waals surface area contributed by atoms with Crippen LogP contribution in [0.25, 0.3) is 10.9 Å². The molecule has 0 radical (unpaired) electrons. The number of carbonyl (C=O) groups excluding carboxylic acids is 1. The molecule has 56 heavy (non-hydrogen) atoms. The van der Waals surface area contributed by atoms with Crippen molar-refractivity contribution in [1.29, 1.82) is 0 Å². The Morgan fingerprint density at radius 1 is 0.946 bits per heavy atom. The Morgan fingerprint density at radius 3 is 2.25 bits per heavy atom. The summed E-state index contributed by atoms with van der Waals surface area (Å²) in [6.45, 7) is 8.98. The fourth-order valence-corrected chi connectivity index (χ4v) is 9.50. The van der Waals surface area contributed by atoms with Crippen molar-refractivity contribution in [3.05, 3.63) is 63.2 Å². The molecule has 16 heteroatoms. The molecule has 2 saturated heterocycles. The molecule has 0 bridgehead atoms. The molecule has 1 atom stereocenters. The van der Waals surface area contributed by atoms with Gasteiger partial charge < -0.3 is 20.2 Å². The van der Waals surface area contributed by atoms with Gasteiger partial charge in [-0.2, -0.15) is 13.2 Å². The van der Waals surface area contributed by atoms with Crippen LogP contribution in [-0.2, 0) is 11.0 Å². The molecule has 1 aromatic carbocycles. The summed E-state index contributed by atoms with van der Waals surface area (Å²) in [4.78, 5) is 55.5. The summed E-state index contributed by atoms with van der Waals surface area (Å²) in [6.07, 6.45) is 5.96. The number of hydrogen-bond donors (Lipinski definition) is 2. The topological polar surface area (TPSA) is 158 Å². The SMILES string of the molecule is Cc1nc(N[C@H](C)c2cc([N+](=O)[O-])cc(C(F)(F)F)c2)c2cc(C3CCC(C(=O)N4CCN(CC5CCC6(CC5)CCN(C(=O)O)CC6)CC4)CC3)ncc2n1. The van der Waals surface area contributed by atoms with E-state index in [0.29, 0.717) is 53.0 Å². The molecular weight excluding hydrogens is 729 g/mol. The van der Waals surface area contributed by atoms with Gasteiger partial charge in [-0.05, 0) is 107 Å². The number of carbonyl (C=O) groups is 2. The number of nitro groups is 1. The van der Waals surface area contributed by atoms with Crippen LogP contribution >= 0.6 is 0 Å². The second-order valence-corrected chi connectivity index (χ2v) is 16.6. The van der Waals surface area contributed by atoms with Crippen molar-refractivity contribution in [3.63, 3.8) is 0 Å². The minimum atomic E-state index is -4.75. The Hall–Kier alpha value is -4.60. The second-order valence-electron chi connectivity index (χ2n) is 16.6. The van der Waals surface area contributed by atoms with Crippen molar-refractivity contribution >= 4 is 34.4 Å². The Bertz CT molecular complexity index is 1930. The molecule has 2 N–H and O–H groups in total. The van der Waals surface area contributed by atoms with E-state index in [9.17, 15) is 38.0 Å². The number of carboxylic acid groups (broad SMARTS) is 1. The molecule has 4 heterocycles. The first kappa shape index (κ1) is 39.6. The van der Waals surface area contributed by atoms with E-state index in [0.717, 1.165) is 89.1 Å². The average molecular weight is 781 g/mol. The van der Waals surface area contributed by atoms with Gasteiger partial charge in [0.15, 0.2) is 0 Å². The number of nitrogens with zero attached hydrogens (tertiary/aromatic N) is 7. The molecule has 13 nitrogen and oxygen atoms in total. The minimum Gasteiger partial charge on any atom is -0.465 e. The van der Waals surface area contributed by atoms with Crippen LogP contribution in [0.15, 0.2) is 30.5 Å². The van der Waals surface area contributed by atoms with Gasteiger partial charge >= 0.3 is 12.3 Å². The molecule has 302 valence electrons. The summed E-state index contributed by atoms with van der Waals surface area (Å²) in [5.74, 6) is 1.83. The number of aryl methyl sites for hydroxylation is 1. The van der Waals surface area contributed by atoms with Gasteiger partial charge in [-0.1, -0.05) is 0 Å². The largest absolute Gasteiger partial charge is 0.465 e. The molecule has 7 rings (SSSR count). The van der Waals surface area contributed by atoms with Gasteiger partial charge in [-0.15, -0.1) is 0 Å². The number of aromatic nitrogens is 3. The third-order valence-electron chi connectivity index (χ3n) is 13.0. The quantitative estimate of drug-likeness (QED) is 0.171. The molecule has 0 unspecified atom stereocenters. The van der Waals surface area contributed by atoms with Gasteiger partial charge in [-0.25, -0.2) is 14.8 Å². The van der Waals surface area contributed by atoms with Gasteiger partial charge in [-0.3, -0.25) is 24.8 Å². The predicted molar refractivity (Wildman–Crippen MR) is 203 cm³/mol. The van der Waals surface area contributed by atoms with Crippen molar-refractivity contribution < 1.29 is 32.8 Å². The maximum atomic E-state index is 13.7. The summed E-state index contributed by atoms with van der Waals surface area (Å²) in [6, 6.07) is 3.76. The second kappa shape index (κ2) is 16.1. The van der Waals surface area contributed by atoms with Gasteiger partial charge in [0.2, 0.25) is 5.91 Å². The van der Waals surface area contributed by atoms with Crippen LogP contribution in [-0.4, -0.2) is 97.5 Å². The molecule has 3 aromatic rings. The van der Waals surface area contributed by atoms with Crippen LogP contribution in [0.5, 0.6) is 0 Å². The Morgan fingerprint density at radius 2 is 1.62 bits per heavy atom. The molecule has 2 aromatic heterocycles. The van der Waals surface area contributed by atoms with Crippen molar-refractivity contribution in [2.24, 2.45) is 17.3 Å². The zero-order chi connectivity index (χ0) is 39.8. The van der Waals surface area contributed by atoms with E-state index in [2.05, 4.69) is 20.2 Å². The smallest absolute Gasteiger partial charge is 0.416 e. The Labute approximate surface area is 324 Å². The van der Waals surface area contributed by atoms with Gasteiger partial charge in [0.25, 0.3) is 5.69 Å². The van der Waals surface area contributed by atoms with Crippen molar-refractivity contribution in [1.82, 2.24) is 29.7 Å². The summed E-state index contributed by atoms with van der Waals surface area (Å²) < 4.78 is 40.8. The van der Waals surface area contributed by atoms with Crippen LogP contribution in [0, 0.1) is 34.3 Å². The lowest BCUT2D eigenvalue weighted by atomic mass is 9.65. The molecule has 4 aliphatic rings. The molecular formula is C40H51F3N8O5. The number of alkyl halides is 3. The number of piperazine rings is 1. The molecule has 2 aliphatic carbocycles. The maximum absolute atomic E-state index is 13.7. The lowest BCUT2D eigenvalue weighted by Crippen LogP contribution is -2.52. The number of nitrogens with one attached hydrogen (secondary N) is 1. The highest BCUT2D eigenvalue weighted by Gasteiger charge is 2.40. The zero-order valence-electron chi connectivity index (χ0n) is 32.1. The monoisotopic (exact) mass is 780 g/mol. The number of halogens is 3. The van der Waals surface area contributed by atoms with Crippen LogP contribution in [0.4, 0.5) is 29.5 Å². The van der Waals surface area contributed by atoms with E-state index in [1.165, 1.54) is 25.7 Å². The first-order valence-corrected chi connectivity index (χ1v) is 19.9. The first-order chi connectivity index (χ1) is 26.7. The standard InChI is InChI=1S/C40H51F3N8O5/c1-25(30-19-31(40(41,42)43)21-32(20-30)51(55)56)45-36-33-22-34(44-23-35(33)46-26(2)47-36)28-3-5-29(6-4-28)37(52)49-17-15-48(16-18-49)24-27-7-9-39(10-8-27)11-13-50(14-12-39)38(53)54/h19-23,25,27-29H,3-18,24H2,1-2H3,(H,53,54)(H,45,46,47)/t25-,28?,29?/m1/s1. The number of likely N-dealkylation sites (tertiary alicyclic amines) is 1. The average Bonchev–Trinajstić information content (AvgIpc) is 3.18. The van der Waals surface area contributed by atoms with E-state index in [4.69, 9.17) is 4.98 Å². The number of nitro benzene ring substituents is 1. The van der Waals surface area contributed by atoms with Gasteiger partial charge in [0, 0.05) is 80.9 Å². The van der Waals surface area contributed by atoms with Crippen molar-refractivity contribution in [2.45, 2.75) is 96.2 Å². The van der Waals surface area contributed by atoms with Crippen LogP contribution < -0.4 is 5.32 Å². The number of benzene rings is 1. The lowest BCUT2D eigenvalue weighted by molar-refractivity contribution is -0.385. The summed E-state index contributed by atoms with van der Waals surface area (Å²) in [5, 5.41) is 24.6. The lowest BCUT2D eigenvalue weighted by Gasteiger charge is -2.46. The van der Waals surface area contributed by atoms with Crippen LogP contribution in [0.3, 0.4) is 0 Å². The fraction of sp³-hybridized carbons (Fsp3) is 0.625. The minimum absolute atomic E-state index is 0.0269. The van der Waals surface area contributed by atoms with E-state index in [-0.39, 0.29) is 23.3 Å².